The number of thioether (sulfide) groups is 1. The van der Waals surface area contributed by atoms with Crippen LogP contribution in [0.3, 0.4) is 0 Å². The van der Waals surface area contributed by atoms with Crippen molar-refractivity contribution >= 4 is 17.7 Å². The van der Waals surface area contributed by atoms with E-state index in [4.69, 9.17) is 4.74 Å². The average molecular weight is 272 g/mol. The number of ether oxygens (including phenoxy) is 1. The fourth-order valence-corrected chi connectivity index (χ4v) is 3.40. The quantitative estimate of drug-likeness (QED) is 0.762. The second-order valence-electron chi connectivity index (χ2n) is 5.28. The molecule has 0 radical (unpaired) electrons. The highest BCUT2D eigenvalue weighted by molar-refractivity contribution is 8.00. The summed E-state index contributed by atoms with van der Waals surface area (Å²) in [6, 6.07) is 0. The third-order valence-electron chi connectivity index (χ3n) is 4.04. The first-order valence-corrected chi connectivity index (χ1v) is 8.11. The van der Waals surface area contributed by atoms with Crippen LogP contribution in [-0.4, -0.2) is 49.3 Å². The molecule has 104 valence electrons. The standard InChI is InChI=1S/C13H24N2O2S/c1-18-13(5-2-6-13)10-15-12(16)9-17-11-3-7-14-8-4-11/h11,14H,2-10H2,1H3,(H,15,16). The highest BCUT2D eigenvalue weighted by Crippen LogP contribution is 2.42. The van der Waals surface area contributed by atoms with E-state index in [9.17, 15) is 4.79 Å². The normalized spacial score (nSPS) is 23.4. The molecule has 1 aliphatic carbocycles. The SMILES string of the molecule is CSC1(CNC(=O)COC2CCNCC2)CCC1. The van der Waals surface area contributed by atoms with Crippen LogP contribution in [-0.2, 0) is 9.53 Å². The number of nitrogens with one attached hydrogen (secondary N) is 2. The number of amides is 1. The number of carbonyl (C=O) groups excluding carboxylic acids is 1. The van der Waals surface area contributed by atoms with Gasteiger partial charge in [-0.1, -0.05) is 6.42 Å². The third-order valence-corrected chi connectivity index (χ3v) is 5.46. The Morgan fingerprint density at radius 3 is 2.72 bits per heavy atom. The molecule has 1 saturated carbocycles. The first-order valence-electron chi connectivity index (χ1n) is 6.88. The van der Waals surface area contributed by atoms with Gasteiger partial charge in [0.15, 0.2) is 0 Å². The van der Waals surface area contributed by atoms with Crippen LogP contribution in [0.15, 0.2) is 0 Å². The van der Waals surface area contributed by atoms with Crippen LogP contribution >= 0.6 is 11.8 Å². The van der Waals surface area contributed by atoms with Gasteiger partial charge in [0.25, 0.3) is 0 Å². The molecule has 0 unspecified atom stereocenters. The van der Waals surface area contributed by atoms with Gasteiger partial charge >= 0.3 is 0 Å². The Bertz CT molecular complexity index is 271. The van der Waals surface area contributed by atoms with Crippen molar-refractivity contribution in [1.29, 1.82) is 0 Å². The Kier molecular flexibility index (Phi) is 5.33. The van der Waals surface area contributed by atoms with Crippen molar-refractivity contribution in [1.82, 2.24) is 10.6 Å². The highest BCUT2D eigenvalue weighted by atomic mass is 32.2. The Morgan fingerprint density at radius 1 is 1.44 bits per heavy atom. The molecule has 1 saturated heterocycles. The van der Waals surface area contributed by atoms with Crippen molar-refractivity contribution in [2.75, 3.05) is 32.5 Å². The molecular weight excluding hydrogens is 248 g/mol. The van der Waals surface area contributed by atoms with Gasteiger partial charge in [0.1, 0.15) is 6.61 Å². The molecule has 4 nitrogen and oxygen atoms in total. The van der Waals surface area contributed by atoms with Crippen LogP contribution in [0.25, 0.3) is 0 Å². The van der Waals surface area contributed by atoms with Gasteiger partial charge in [-0.15, -0.1) is 0 Å². The van der Waals surface area contributed by atoms with E-state index in [2.05, 4.69) is 16.9 Å². The molecule has 5 heteroatoms. The first-order chi connectivity index (χ1) is 8.74. The van der Waals surface area contributed by atoms with Crippen molar-refractivity contribution in [3.63, 3.8) is 0 Å². The summed E-state index contributed by atoms with van der Waals surface area (Å²) >= 11 is 1.88. The van der Waals surface area contributed by atoms with Gasteiger partial charge in [0, 0.05) is 11.3 Å². The molecule has 2 fully saturated rings. The summed E-state index contributed by atoms with van der Waals surface area (Å²) in [5, 5.41) is 6.30. The van der Waals surface area contributed by atoms with Crippen molar-refractivity contribution in [2.45, 2.75) is 43.0 Å². The molecule has 0 aromatic carbocycles. The maximum Gasteiger partial charge on any atom is 0.246 e. The van der Waals surface area contributed by atoms with Crippen LogP contribution in [0, 0.1) is 0 Å². The lowest BCUT2D eigenvalue weighted by Gasteiger charge is -2.40. The number of piperidine rings is 1. The number of rotatable bonds is 6. The van der Waals surface area contributed by atoms with Gasteiger partial charge in [-0.25, -0.2) is 0 Å². The molecule has 0 aromatic rings. The molecule has 1 heterocycles. The Labute approximate surface area is 114 Å². The van der Waals surface area contributed by atoms with E-state index in [1.165, 1.54) is 19.3 Å². The van der Waals surface area contributed by atoms with Gasteiger partial charge in [-0.05, 0) is 45.0 Å². The number of hydrogen-bond donors (Lipinski definition) is 2. The molecule has 2 N–H and O–H groups in total. The lowest BCUT2D eigenvalue weighted by atomic mass is 9.84. The minimum absolute atomic E-state index is 0.0360. The second kappa shape index (κ2) is 6.78. The van der Waals surface area contributed by atoms with Gasteiger partial charge < -0.3 is 15.4 Å². The molecule has 18 heavy (non-hydrogen) atoms. The molecule has 2 aliphatic rings. The Morgan fingerprint density at radius 2 is 2.17 bits per heavy atom. The van der Waals surface area contributed by atoms with Crippen molar-refractivity contribution in [3.8, 4) is 0 Å². The van der Waals surface area contributed by atoms with Crippen LogP contribution in [0.4, 0.5) is 0 Å². The van der Waals surface area contributed by atoms with Gasteiger partial charge in [0.2, 0.25) is 5.91 Å². The fourth-order valence-electron chi connectivity index (χ4n) is 2.49. The van der Waals surface area contributed by atoms with Crippen molar-refractivity contribution < 1.29 is 9.53 Å². The zero-order valence-electron chi connectivity index (χ0n) is 11.2. The summed E-state index contributed by atoms with van der Waals surface area (Å²) in [5.74, 6) is 0.0360. The molecule has 1 amide bonds. The monoisotopic (exact) mass is 272 g/mol. The topological polar surface area (TPSA) is 50.4 Å². The van der Waals surface area contributed by atoms with Gasteiger partial charge in [-0.2, -0.15) is 11.8 Å². The van der Waals surface area contributed by atoms with Gasteiger partial charge in [-0.3, -0.25) is 4.79 Å². The smallest absolute Gasteiger partial charge is 0.246 e. The predicted octanol–water partition coefficient (Wildman–Crippen LogP) is 1.16. The third kappa shape index (κ3) is 3.87. The molecular formula is C13H24N2O2S. The minimum atomic E-state index is 0.0360. The van der Waals surface area contributed by atoms with E-state index < -0.39 is 0 Å². The summed E-state index contributed by atoms with van der Waals surface area (Å²) < 4.78 is 5.95. The van der Waals surface area contributed by atoms with E-state index in [0.717, 1.165) is 32.5 Å². The summed E-state index contributed by atoms with van der Waals surface area (Å²) in [4.78, 5) is 11.7. The molecule has 0 bridgehead atoms. The lowest BCUT2D eigenvalue weighted by Crippen LogP contribution is -2.46. The fraction of sp³-hybridized carbons (Fsp3) is 0.923. The molecule has 1 aliphatic heterocycles. The predicted molar refractivity (Wildman–Crippen MR) is 75.0 cm³/mol. The van der Waals surface area contributed by atoms with Crippen molar-refractivity contribution in [3.05, 3.63) is 0 Å². The molecule has 0 atom stereocenters. The lowest BCUT2D eigenvalue weighted by molar-refractivity contribution is -0.128. The zero-order valence-corrected chi connectivity index (χ0v) is 12.0. The minimum Gasteiger partial charge on any atom is -0.368 e. The first kappa shape index (κ1) is 14.2. The number of carbonyl (C=O) groups is 1. The second-order valence-corrected chi connectivity index (χ2v) is 6.55. The summed E-state index contributed by atoms with van der Waals surface area (Å²) in [5.41, 5.74) is 0. The summed E-state index contributed by atoms with van der Waals surface area (Å²) in [6.45, 7) is 3.02. The van der Waals surface area contributed by atoms with E-state index in [0.29, 0.717) is 4.75 Å². The van der Waals surface area contributed by atoms with Gasteiger partial charge in [0.05, 0.1) is 6.10 Å². The van der Waals surface area contributed by atoms with E-state index in [1.54, 1.807) is 0 Å². The van der Waals surface area contributed by atoms with Crippen LogP contribution in [0.5, 0.6) is 0 Å². The Hall–Kier alpha value is -0.260. The van der Waals surface area contributed by atoms with Crippen LogP contribution < -0.4 is 10.6 Å². The van der Waals surface area contributed by atoms with E-state index >= 15 is 0 Å². The highest BCUT2D eigenvalue weighted by Gasteiger charge is 2.36. The average Bonchev–Trinajstić information content (AvgIpc) is 2.37. The van der Waals surface area contributed by atoms with Crippen LogP contribution in [0.2, 0.25) is 0 Å². The van der Waals surface area contributed by atoms with E-state index in [-0.39, 0.29) is 18.6 Å². The van der Waals surface area contributed by atoms with Crippen LogP contribution in [0.1, 0.15) is 32.1 Å². The zero-order chi connectivity index (χ0) is 12.8. The number of hydrogen-bond acceptors (Lipinski definition) is 4. The molecule has 0 aromatic heterocycles. The maximum atomic E-state index is 11.7. The molecule has 2 rings (SSSR count). The largest absolute Gasteiger partial charge is 0.368 e. The van der Waals surface area contributed by atoms with E-state index in [1.807, 2.05) is 11.8 Å². The molecule has 0 spiro atoms. The Balaban J connectivity index is 1.59. The summed E-state index contributed by atoms with van der Waals surface area (Å²) in [7, 11) is 0. The van der Waals surface area contributed by atoms with Crippen molar-refractivity contribution in [2.24, 2.45) is 0 Å². The summed E-state index contributed by atoms with van der Waals surface area (Å²) in [6.07, 6.45) is 8.17. The maximum absolute atomic E-state index is 11.7.